The van der Waals surface area contributed by atoms with Gasteiger partial charge in [0.15, 0.2) is 0 Å². The molecule has 0 radical (unpaired) electrons. The largest absolute Gasteiger partial charge is 0.383 e. The van der Waals surface area contributed by atoms with Gasteiger partial charge in [-0.25, -0.2) is 0 Å². The van der Waals surface area contributed by atoms with E-state index in [0.717, 1.165) is 18.5 Å². The number of fused-ring (bicyclic) bond motifs is 1. The average Bonchev–Trinajstić information content (AvgIpc) is 2.52. The molecule has 0 amide bonds. The van der Waals surface area contributed by atoms with E-state index in [1.807, 2.05) is 6.07 Å². The van der Waals surface area contributed by atoms with Gasteiger partial charge in [0.2, 0.25) is 0 Å². The molecule has 0 saturated heterocycles. The third-order valence-electron chi connectivity index (χ3n) is 1.98. The van der Waals surface area contributed by atoms with Crippen molar-refractivity contribution >= 4 is 5.69 Å². The van der Waals surface area contributed by atoms with E-state index < -0.39 is 0 Å². The molecule has 0 atom stereocenters. The summed E-state index contributed by atoms with van der Waals surface area (Å²) in [6.45, 7) is 0.807. The van der Waals surface area contributed by atoms with E-state index in [1.54, 1.807) is 6.20 Å². The summed E-state index contributed by atoms with van der Waals surface area (Å²) in [5.41, 5.74) is 1.61. The van der Waals surface area contributed by atoms with Crippen LogP contribution < -0.4 is 10.9 Å². The minimum atomic E-state index is -0.314. The molecule has 0 saturated carbocycles. The van der Waals surface area contributed by atoms with Crippen LogP contribution in [0.4, 0.5) is 5.69 Å². The van der Waals surface area contributed by atoms with E-state index in [1.165, 1.54) is 0 Å². The fourth-order valence-electron chi connectivity index (χ4n) is 1.40. The summed E-state index contributed by atoms with van der Waals surface area (Å²) in [4.78, 5) is 13.6. The molecule has 0 unspecified atom stereocenters. The Morgan fingerprint density at radius 1 is 1.58 bits per heavy atom. The van der Waals surface area contributed by atoms with E-state index in [0.29, 0.717) is 5.69 Å². The van der Waals surface area contributed by atoms with Crippen molar-refractivity contribution in [2.24, 2.45) is 0 Å². The Balaban J connectivity index is 2.76. The molecule has 0 spiro atoms. The molecule has 0 bridgehead atoms. The first kappa shape index (κ1) is 6.92. The fraction of sp³-hybridized carbons (Fsp3) is 0.250. The smallest absolute Gasteiger partial charge is 0.268 e. The Morgan fingerprint density at radius 2 is 2.42 bits per heavy atom. The highest BCUT2D eigenvalue weighted by atomic mass is 16.1. The van der Waals surface area contributed by atoms with Crippen LogP contribution in [0.25, 0.3) is 0 Å². The van der Waals surface area contributed by atoms with E-state index >= 15 is 0 Å². The average molecular weight is 161 g/mol. The molecule has 12 heavy (non-hydrogen) atoms. The second-order valence-corrected chi connectivity index (χ2v) is 2.68. The van der Waals surface area contributed by atoms with Crippen molar-refractivity contribution in [3.63, 3.8) is 0 Å². The molecule has 0 aromatic carbocycles. The first-order valence-corrected chi connectivity index (χ1v) is 3.71. The van der Waals surface area contributed by atoms with E-state index in [9.17, 15) is 4.79 Å². The molecule has 1 aromatic heterocycles. The zero-order chi connectivity index (χ0) is 8.55. The number of hydrogen-bond donors (Lipinski definition) is 2. The van der Waals surface area contributed by atoms with Crippen LogP contribution in [0.15, 0.2) is 11.0 Å². The van der Waals surface area contributed by atoms with Gasteiger partial charge in [0.1, 0.15) is 11.6 Å². The van der Waals surface area contributed by atoms with Gasteiger partial charge >= 0.3 is 0 Å². The van der Waals surface area contributed by atoms with Crippen LogP contribution in [0.3, 0.4) is 0 Å². The van der Waals surface area contributed by atoms with Gasteiger partial charge in [-0.05, 0) is 12.0 Å². The third kappa shape index (κ3) is 0.800. The number of hydrogen-bond acceptors (Lipinski definition) is 3. The minimum Gasteiger partial charge on any atom is -0.383 e. The zero-order valence-electron chi connectivity index (χ0n) is 6.35. The molecular weight excluding hydrogens is 154 g/mol. The number of aromatic nitrogens is 1. The Labute approximate surface area is 68.8 Å². The number of anilines is 1. The maximum absolute atomic E-state index is 11.1. The first-order chi connectivity index (χ1) is 5.83. The fourth-order valence-corrected chi connectivity index (χ4v) is 1.40. The van der Waals surface area contributed by atoms with Crippen LogP contribution in [0.5, 0.6) is 0 Å². The van der Waals surface area contributed by atoms with Gasteiger partial charge in [-0.3, -0.25) is 4.79 Å². The van der Waals surface area contributed by atoms with Crippen LogP contribution >= 0.6 is 0 Å². The lowest BCUT2D eigenvalue weighted by molar-refractivity contribution is 1.09. The van der Waals surface area contributed by atoms with Gasteiger partial charge in [-0.15, -0.1) is 0 Å². The van der Waals surface area contributed by atoms with Crippen molar-refractivity contribution in [1.29, 1.82) is 5.26 Å². The summed E-state index contributed by atoms with van der Waals surface area (Å²) in [5, 5.41) is 11.7. The topological polar surface area (TPSA) is 68.7 Å². The number of aromatic amines is 1. The van der Waals surface area contributed by atoms with Gasteiger partial charge in [-0.1, -0.05) is 0 Å². The Kier molecular flexibility index (Phi) is 1.37. The van der Waals surface area contributed by atoms with Crippen molar-refractivity contribution in [2.75, 3.05) is 11.9 Å². The lowest BCUT2D eigenvalue weighted by Gasteiger charge is -1.99. The second-order valence-electron chi connectivity index (χ2n) is 2.68. The lowest BCUT2D eigenvalue weighted by Crippen LogP contribution is -2.11. The van der Waals surface area contributed by atoms with Crippen molar-refractivity contribution in [3.05, 3.63) is 27.7 Å². The number of pyridine rings is 1. The number of nitrogens with one attached hydrogen (secondary N) is 2. The molecule has 1 aliphatic rings. The highest BCUT2D eigenvalue weighted by Crippen LogP contribution is 2.21. The number of rotatable bonds is 0. The summed E-state index contributed by atoms with van der Waals surface area (Å²) >= 11 is 0. The lowest BCUT2D eigenvalue weighted by atomic mass is 10.1. The SMILES string of the molecule is N#Cc1c2c(c[nH]c1=O)CCN2. The Hall–Kier alpha value is -1.76. The quantitative estimate of drug-likeness (QED) is 0.571. The van der Waals surface area contributed by atoms with Crippen LogP contribution in [-0.2, 0) is 6.42 Å². The highest BCUT2D eigenvalue weighted by molar-refractivity contribution is 5.63. The monoisotopic (exact) mass is 161 g/mol. The molecule has 1 aliphatic heterocycles. The zero-order valence-corrected chi connectivity index (χ0v) is 6.35. The molecular formula is C8H7N3O. The molecule has 0 aliphatic carbocycles. The van der Waals surface area contributed by atoms with Crippen LogP contribution in [-0.4, -0.2) is 11.5 Å². The van der Waals surface area contributed by atoms with Crippen molar-refractivity contribution in [3.8, 4) is 6.07 Å². The Bertz CT molecular complexity index is 413. The summed E-state index contributed by atoms with van der Waals surface area (Å²) in [7, 11) is 0. The van der Waals surface area contributed by atoms with E-state index in [4.69, 9.17) is 5.26 Å². The maximum Gasteiger partial charge on any atom is 0.268 e. The molecule has 1 aromatic rings. The van der Waals surface area contributed by atoms with Crippen LogP contribution in [0.1, 0.15) is 11.1 Å². The predicted molar refractivity (Wildman–Crippen MR) is 44.0 cm³/mol. The summed E-state index contributed by atoms with van der Waals surface area (Å²) < 4.78 is 0. The van der Waals surface area contributed by atoms with Crippen LogP contribution in [0, 0.1) is 11.3 Å². The van der Waals surface area contributed by atoms with Gasteiger partial charge in [0.25, 0.3) is 5.56 Å². The molecule has 0 fully saturated rings. The normalized spacial score (nSPS) is 13.2. The molecule has 2 heterocycles. The number of H-pyrrole nitrogens is 1. The van der Waals surface area contributed by atoms with Crippen molar-refractivity contribution < 1.29 is 0 Å². The number of nitriles is 1. The maximum atomic E-state index is 11.1. The van der Waals surface area contributed by atoms with Gasteiger partial charge in [-0.2, -0.15) is 5.26 Å². The molecule has 4 heteroatoms. The summed E-state index contributed by atoms with van der Waals surface area (Å²) in [5.74, 6) is 0. The van der Waals surface area contributed by atoms with E-state index in [2.05, 4.69) is 10.3 Å². The molecule has 4 nitrogen and oxygen atoms in total. The standard InChI is InChI=1S/C8H7N3O/c9-3-6-7-5(1-2-10-7)4-11-8(6)12/h4,10H,1-2H2,(H,11,12). The van der Waals surface area contributed by atoms with E-state index in [-0.39, 0.29) is 11.1 Å². The highest BCUT2D eigenvalue weighted by Gasteiger charge is 2.16. The van der Waals surface area contributed by atoms with Gasteiger partial charge in [0.05, 0.1) is 5.69 Å². The van der Waals surface area contributed by atoms with Crippen molar-refractivity contribution in [1.82, 2.24) is 4.98 Å². The van der Waals surface area contributed by atoms with Crippen LogP contribution in [0.2, 0.25) is 0 Å². The molecule has 2 rings (SSSR count). The van der Waals surface area contributed by atoms with Gasteiger partial charge in [0, 0.05) is 12.7 Å². The first-order valence-electron chi connectivity index (χ1n) is 3.71. The number of nitrogens with zero attached hydrogens (tertiary/aromatic N) is 1. The Morgan fingerprint density at radius 3 is 3.17 bits per heavy atom. The predicted octanol–water partition coefficient (Wildman–Crippen LogP) is 0.215. The second kappa shape index (κ2) is 2.38. The molecule has 60 valence electrons. The summed E-state index contributed by atoms with van der Waals surface area (Å²) in [6.07, 6.45) is 2.54. The molecule has 2 N–H and O–H groups in total. The minimum absolute atomic E-state index is 0.199. The third-order valence-corrected chi connectivity index (χ3v) is 1.98. The van der Waals surface area contributed by atoms with Crippen molar-refractivity contribution in [2.45, 2.75) is 6.42 Å². The summed E-state index contributed by atoms with van der Waals surface area (Å²) in [6, 6.07) is 1.89. The van der Waals surface area contributed by atoms with Gasteiger partial charge < -0.3 is 10.3 Å².